The topological polar surface area (TPSA) is 17.1 Å². The molecule has 0 heterocycles. The largest absolute Gasteiger partial charge is 0.300 e. The quantitative estimate of drug-likeness (QED) is 0.506. The van der Waals surface area contributed by atoms with Gasteiger partial charge in [0.15, 0.2) is 0 Å². The lowest BCUT2D eigenvalue weighted by Gasteiger charge is -2.19. The van der Waals surface area contributed by atoms with Crippen molar-refractivity contribution in [2.45, 2.75) is 40.0 Å². The maximum absolute atomic E-state index is 11.3. The average molecular weight is 166 g/mol. The summed E-state index contributed by atoms with van der Waals surface area (Å²) in [5.41, 5.74) is 1.38. The minimum absolute atomic E-state index is 0.432. The second-order valence-corrected chi connectivity index (χ2v) is 4.09. The lowest BCUT2D eigenvalue weighted by molar-refractivity contribution is -0.120. The van der Waals surface area contributed by atoms with Crippen LogP contribution in [0.4, 0.5) is 0 Å². The van der Waals surface area contributed by atoms with Gasteiger partial charge in [-0.15, -0.1) is 0 Å². The van der Waals surface area contributed by atoms with Crippen molar-refractivity contribution in [3.63, 3.8) is 0 Å². The van der Waals surface area contributed by atoms with Crippen molar-refractivity contribution < 1.29 is 4.79 Å². The molecule has 68 valence electrons. The summed E-state index contributed by atoms with van der Waals surface area (Å²) in [6.07, 6.45) is 4.80. The van der Waals surface area contributed by atoms with Crippen molar-refractivity contribution in [1.82, 2.24) is 0 Å². The number of allylic oxidation sites excluding steroid dienone is 2. The van der Waals surface area contributed by atoms with E-state index in [4.69, 9.17) is 0 Å². The van der Waals surface area contributed by atoms with Crippen molar-refractivity contribution in [3.8, 4) is 0 Å². The first-order valence-corrected chi connectivity index (χ1v) is 4.78. The van der Waals surface area contributed by atoms with E-state index in [9.17, 15) is 4.79 Å². The summed E-state index contributed by atoms with van der Waals surface area (Å²) in [6, 6.07) is 0. The fourth-order valence-corrected chi connectivity index (χ4v) is 1.68. The molecule has 0 fully saturated rings. The highest BCUT2D eigenvalue weighted by Crippen LogP contribution is 2.23. The molecule has 0 aliphatic heterocycles. The fraction of sp³-hybridized carbons (Fsp3) is 0.727. The van der Waals surface area contributed by atoms with Crippen LogP contribution in [-0.2, 0) is 4.79 Å². The number of carbonyl (C=O) groups excluding carboxylic acids is 1. The van der Waals surface area contributed by atoms with Crippen LogP contribution in [0.2, 0.25) is 0 Å². The molecule has 0 bridgehead atoms. The molecule has 0 radical (unpaired) electrons. The third kappa shape index (κ3) is 2.47. The molecule has 1 aliphatic carbocycles. The first-order valence-electron chi connectivity index (χ1n) is 4.78. The van der Waals surface area contributed by atoms with Gasteiger partial charge in [0.1, 0.15) is 5.78 Å². The van der Waals surface area contributed by atoms with Crippen LogP contribution in [0, 0.1) is 11.8 Å². The van der Waals surface area contributed by atoms with E-state index >= 15 is 0 Å². The fourth-order valence-electron chi connectivity index (χ4n) is 1.68. The van der Waals surface area contributed by atoms with E-state index in [1.165, 1.54) is 5.57 Å². The van der Waals surface area contributed by atoms with Gasteiger partial charge in [-0.25, -0.2) is 0 Å². The Bertz CT molecular complexity index is 203. The number of hydrogen-bond donors (Lipinski definition) is 0. The van der Waals surface area contributed by atoms with Gasteiger partial charge in [-0.1, -0.05) is 25.5 Å². The Hall–Kier alpha value is -0.590. The van der Waals surface area contributed by atoms with Gasteiger partial charge in [0.05, 0.1) is 0 Å². The summed E-state index contributed by atoms with van der Waals surface area (Å²) < 4.78 is 0. The molecule has 0 aromatic heterocycles. The molecular weight excluding hydrogens is 148 g/mol. The molecule has 0 aromatic carbocycles. The number of carbonyl (C=O) groups is 1. The molecule has 1 aliphatic rings. The van der Waals surface area contributed by atoms with Gasteiger partial charge < -0.3 is 0 Å². The van der Waals surface area contributed by atoms with Crippen LogP contribution in [0.15, 0.2) is 11.6 Å². The molecule has 1 rings (SSSR count). The molecule has 2 unspecified atom stereocenters. The summed E-state index contributed by atoms with van der Waals surface area (Å²) >= 11 is 0. The molecule has 0 saturated heterocycles. The molecule has 0 saturated carbocycles. The van der Waals surface area contributed by atoms with Crippen LogP contribution in [-0.4, -0.2) is 5.78 Å². The van der Waals surface area contributed by atoms with E-state index in [2.05, 4.69) is 26.8 Å². The second-order valence-electron chi connectivity index (χ2n) is 4.09. The van der Waals surface area contributed by atoms with E-state index in [0.29, 0.717) is 17.6 Å². The Morgan fingerprint density at radius 1 is 1.33 bits per heavy atom. The zero-order valence-electron chi connectivity index (χ0n) is 8.26. The number of ketones is 1. The first-order chi connectivity index (χ1) is 5.59. The van der Waals surface area contributed by atoms with Crippen LogP contribution in [0.1, 0.15) is 40.0 Å². The predicted octanol–water partition coefficient (Wildman–Crippen LogP) is 2.96. The molecule has 0 aromatic rings. The Morgan fingerprint density at radius 3 is 2.67 bits per heavy atom. The van der Waals surface area contributed by atoms with Gasteiger partial charge >= 0.3 is 0 Å². The Kier molecular flexibility index (Phi) is 3.07. The van der Waals surface area contributed by atoms with Gasteiger partial charge in [-0.3, -0.25) is 4.79 Å². The van der Waals surface area contributed by atoms with E-state index < -0.39 is 0 Å². The molecule has 12 heavy (non-hydrogen) atoms. The SMILES string of the molecule is C/C1=C/C(C)C(C)CC(=O)CC1. The van der Waals surface area contributed by atoms with Gasteiger partial charge in [-0.2, -0.15) is 0 Å². The normalized spacial score (nSPS) is 36.6. The van der Waals surface area contributed by atoms with E-state index in [1.807, 2.05) is 0 Å². The monoisotopic (exact) mass is 166 g/mol. The minimum atomic E-state index is 0.432. The zero-order chi connectivity index (χ0) is 9.14. The molecule has 1 nitrogen and oxygen atoms in total. The van der Waals surface area contributed by atoms with Gasteiger partial charge in [0, 0.05) is 12.8 Å². The van der Waals surface area contributed by atoms with Crippen LogP contribution >= 0.6 is 0 Å². The van der Waals surface area contributed by atoms with Crippen molar-refractivity contribution in [2.75, 3.05) is 0 Å². The van der Waals surface area contributed by atoms with Crippen LogP contribution < -0.4 is 0 Å². The predicted molar refractivity (Wildman–Crippen MR) is 50.9 cm³/mol. The summed E-state index contributed by atoms with van der Waals surface area (Å²) in [6.45, 7) is 6.49. The maximum Gasteiger partial charge on any atom is 0.133 e. The van der Waals surface area contributed by atoms with Gasteiger partial charge in [-0.05, 0) is 25.2 Å². The average Bonchev–Trinajstić information content (AvgIpc) is 1.99. The molecular formula is C11H18O. The Labute approximate surface area is 74.9 Å². The molecule has 2 atom stereocenters. The third-order valence-corrected chi connectivity index (χ3v) is 2.79. The van der Waals surface area contributed by atoms with Crippen molar-refractivity contribution in [1.29, 1.82) is 0 Å². The molecule has 1 heteroatoms. The second kappa shape index (κ2) is 3.88. The lowest BCUT2D eigenvalue weighted by atomic mass is 9.85. The summed E-state index contributed by atoms with van der Waals surface area (Å²) in [5, 5.41) is 0. The molecule has 0 N–H and O–H groups in total. The van der Waals surface area contributed by atoms with E-state index in [1.54, 1.807) is 0 Å². The number of hydrogen-bond acceptors (Lipinski definition) is 1. The lowest BCUT2D eigenvalue weighted by Crippen LogP contribution is -2.14. The number of Topliss-reactive ketones (excluding diaryl/α,β-unsaturated/α-hetero) is 1. The number of rotatable bonds is 0. The molecule has 0 amide bonds. The Morgan fingerprint density at radius 2 is 2.00 bits per heavy atom. The standard InChI is InChI=1S/C11H18O/c1-8-4-5-11(12)7-10(3)9(2)6-8/h6,9-10H,4-5,7H2,1-3H3/b8-6-. The van der Waals surface area contributed by atoms with Crippen LogP contribution in [0.3, 0.4) is 0 Å². The van der Waals surface area contributed by atoms with E-state index in [0.717, 1.165) is 19.3 Å². The van der Waals surface area contributed by atoms with Crippen LogP contribution in [0.5, 0.6) is 0 Å². The highest BCUT2D eigenvalue weighted by atomic mass is 16.1. The van der Waals surface area contributed by atoms with Gasteiger partial charge in [0.25, 0.3) is 0 Å². The van der Waals surface area contributed by atoms with E-state index in [-0.39, 0.29) is 0 Å². The smallest absolute Gasteiger partial charge is 0.133 e. The van der Waals surface area contributed by atoms with Crippen molar-refractivity contribution in [3.05, 3.63) is 11.6 Å². The maximum atomic E-state index is 11.3. The first kappa shape index (κ1) is 9.50. The van der Waals surface area contributed by atoms with Crippen molar-refractivity contribution in [2.24, 2.45) is 11.8 Å². The van der Waals surface area contributed by atoms with Crippen molar-refractivity contribution >= 4 is 5.78 Å². The summed E-state index contributed by atoms with van der Waals surface area (Å²) in [5.74, 6) is 1.52. The summed E-state index contributed by atoms with van der Waals surface area (Å²) in [4.78, 5) is 11.3. The minimum Gasteiger partial charge on any atom is -0.300 e. The third-order valence-electron chi connectivity index (χ3n) is 2.79. The zero-order valence-corrected chi connectivity index (χ0v) is 8.26. The highest BCUT2D eigenvalue weighted by Gasteiger charge is 2.16. The van der Waals surface area contributed by atoms with Gasteiger partial charge in [0.2, 0.25) is 0 Å². The Balaban J connectivity index is 2.71. The highest BCUT2D eigenvalue weighted by molar-refractivity contribution is 5.79. The summed E-state index contributed by atoms with van der Waals surface area (Å²) in [7, 11) is 0. The van der Waals surface area contributed by atoms with Crippen LogP contribution in [0.25, 0.3) is 0 Å². The molecule has 0 spiro atoms.